The fourth-order valence-electron chi connectivity index (χ4n) is 2.72. The Bertz CT molecular complexity index is 481. The van der Waals surface area contributed by atoms with Gasteiger partial charge in [-0.2, -0.15) is 0 Å². The van der Waals surface area contributed by atoms with Crippen molar-refractivity contribution in [2.75, 3.05) is 7.05 Å². The number of nitrogens with one attached hydrogen (secondary N) is 2. The van der Waals surface area contributed by atoms with Crippen molar-refractivity contribution in [2.24, 2.45) is 0 Å². The number of aromatic nitrogens is 2. The smallest absolute Gasteiger partial charge is 0.0963 e. The molecule has 0 saturated heterocycles. The van der Waals surface area contributed by atoms with Crippen LogP contribution in [0.2, 0.25) is 0 Å². The van der Waals surface area contributed by atoms with Gasteiger partial charge >= 0.3 is 0 Å². The van der Waals surface area contributed by atoms with Crippen LogP contribution >= 0.6 is 11.3 Å². The highest BCUT2D eigenvalue weighted by Crippen LogP contribution is 2.35. The lowest BCUT2D eigenvalue weighted by atomic mass is 9.86. The van der Waals surface area contributed by atoms with Crippen molar-refractivity contribution in [2.45, 2.75) is 37.6 Å². The molecule has 0 aliphatic heterocycles. The van der Waals surface area contributed by atoms with Crippen LogP contribution in [0, 0.1) is 0 Å². The van der Waals surface area contributed by atoms with E-state index in [1.165, 1.54) is 36.3 Å². The molecule has 1 saturated carbocycles. The lowest BCUT2D eigenvalue weighted by Crippen LogP contribution is -2.29. The summed E-state index contributed by atoms with van der Waals surface area (Å²) in [5.41, 5.74) is 2.31. The Balaban J connectivity index is 1.71. The summed E-state index contributed by atoms with van der Waals surface area (Å²) in [6.07, 6.45) is 9.06. The molecule has 2 N–H and O–H groups in total. The van der Waals surface area contributed by atoms with Crippen LogP contribution in [0.5, 0.6) is 0 Å². The number of nitrogens with zero attached hydrogens (tertiary/aromatic N) is 1. The molecule has 3 rings (SSSR count). The molecular formula is C14H19N3S. The van der Waals surface area contributed by atoms with Gasteiger partial charge in [-0.25, -0.2) is 4.98 Å². The van der Waals surface area contributed by atoms with Gasteiger partial charge in [0.15, 0.2) is 0 Å². The fraction of sp³-hybridized carbons (Fsp3) is 0.500. The van der Waals surface area contributed by atoms with Crippen molar-refractivity contribution in [3.05, 3.63) is 28.8 Å². The van der Waals surface area contributed by atoms with Crippen LogP contribution in [-0.2, 0) is 0 Å². The first kappa shape index (κ1) is 11.9. The molecule has 1 aliphatic rings. The Morgan fingerprint density at radius 1 is 1.33 bits per heavy atom. The molecule has 1 fully saturated rings. The molecule has 0 atom stereocenters. The van der Waals surface area contributed by atoms with Crippen LogP contribution < -0.4 is 5.32 Å². The SMILES string of the molecule is CNC1CCC(c2nc(-c3cc[nH]c3)cs2)CC1. The van der Waals surface area contributed by atoms with E-state index in [0.717, 1.165) is 5.69 Å². The number of hydrogen-bond donors (Lipinski definition) is 2. The monoisotopic (exact) mass is 261 g/mol. The Morgan fingerprint density at radius 2 is 2.17 bits per heavy atom. The molecule has 18 heavy (non-hydrogen) atoms. The van der Waals surface area contributed by atoms with Gasteiger partial charge in [0.25, 0.3) is 0 Å². The molecule has 0 bridgehead atoms. The third kappa shape index (κ3) is 2.35. The molecule has 3 nitrogen and oxygen atoms in total. The molecule has 1 aliphatic carbocycles. The predicted octanol–water partition coefficient (Wildman–Crippen LogP) is 3.38. The zero-order valence-corrected chi connectivity index (χ0v) is 11.5. The number of H-pyrrole nitrogens is 1. The first-order valence-electron chi connectivity index (χ1n) is 6.62. The topological polar surface area (TPSA) is 40.7 Å². The summed E-state index contributed by atoms with van der Waals surface area (Å²) in [5.74, 6) is 0.673. The summed E-state index contributed by atoms with van der Waals surface area (Å²) < 4.78 is 0. The van der Waals surface area contributed by atoms with E-state index in [9.17, 15) is 0 Å². The van der Waals surface area contributed by atoms with Gasteiger partial charge in [-0.15, -0.1) is 11.3 Å². The Hall–Kier alpha value is -1.13. The van der Waals surface area contributed by atoms with E-state index < -0.39 is 0 Å². The first-order valence-corrected chi connectivity index (χ1v) is 7.50. The van der Waals surface area contributed by atoms with Crippen LogP contribution in [0.1, 0.15) is 36.6 Å². The summed E-state index contributed by atoms with van der Waals surface area (Å²) in [5, 5.41) is 6.89. The number of thiazole rings is 1. The summed E-state index contributed by atoms with van der Waals surface area (Å²) in [6.45, 7) is 0. The van der Waals surface area contributed by atoms with E-state index in [-0.39, 0.29) is 0 Å². The first-order chi connectivity index (χ1) is 8.86. The van der Waals surface area contributed by atoms with Crippen molar-refractivity contribution in [1.29, 1.82) is 0 Å². The van der Waals surface area contributed by atoms with Gasteiger partial charge < -0.3 is 10.3 Å². The maximum atomic E-state index is 4.81. The quantitative estimate of drug-likeness (QED) is 0.889. The van der Waals surface area contributed by atoms with E-state index in [1.54, 1.807) is 0 Å². The minimum atomic E-state index is 0.673. The Labute approximate surface area is 112 Å². The number of rotatable bonds is 3. The Kier molecular flexibility index (Phi) is 3.48. The highest BCUT2D eigenvalue weighted by molar-refractivity contribution is 7.10. The summed E-state index contributed by atoms with van der Waals surface area (Å²) >= 11 is 1.82. The highest BCUT2D eigenvalue weighted by atomic mass is 32.1. The van der Waals surface area contributed by atoms with Crippen LogP contribution in [-0.4, -0.2) is 23.1 Å². The second-order valence-electron chi connectivity index (χ2n) is 5.01. The molecule has 4 heteroatoms. The number of hydrogen-bond acceptors (Lipinski definition) is 3. The average Bonchev–Trinajstić information content (AvgIpc) is 3.09. The molecule has 0 unspecified atom stereocenters. The van der Waals surface area contributed by atoms with E-state index in [0.29, 0.717) is 12.0 Å². The molecular weight excluding hydrogens is 242 g/mol. The zero-order chi connectivity index (χ0) is 12.4. The summed E-state index contributed by atoms with van der Waals surface area (Å²) in [7, 11) is 2.07. The summed E-state index contributed by atoms with van der Waals surface area (Å²) in [6, 6.07) is 2.79. The minimum Gasteiger partial charge on any atom is -0.367 e. The van der Waals surface area contributed by atoms with Gasteiger partial charge in [0.2, 0.25) is 0 Å². The molecule has 0 radical (unpaired) electrons. The van der Waals surface area contributed by atoms with Crippen LogP contribution in [0.15, 0.2) is 23.8 Å². The van der Waals surface area contributed by atoms with Crippen molar-refractivity contribution in [3.8, 4) is 11.3 Å². The molecule has 0 spiro atoms. The highest BCUT2D eigenvalue weighted by Gasteiger charge is 2.23. The van der Waals surface area contributed by atoms with Crippen molar-refractivity contribution in [1.82, 2.24) is 15.3 Å². The van der Waals surface area contributed by atoms with E-state index >= 15 is 0 Å². The van der Waals surface area contributed by atoms with Crippen LogP contribution in [0.25, 0.3) is 11.3 Å². The van der Waals surface area contributed by atoms with Crippen LogP contribution in [0.4, 0.5) is 0 Å². The van der Waals surface area contributed by atoms with E-state index in [1.807, 2.05) is 23.7 Å². The van der Waals surface area contributed by atoms with E-state index in [4.69, 9.17) is 4.98 Å². The normalized spacial score (nSPS) is 24.3. The lowest BCUT2D eigenvalue weighted by Gasteiger charge is -2.26. The van der Waals surface area contributed by atoms with Crippen molar-refractivity contribution < 1.29 is 0 Å². The molecule has 2 aromatic heterocycles. The van der Waals surface area contributed by atoms with E-state index in [2.05, 4.69) is 28.8 Å². The van der Waals surface area contributed by atoms with Gasteiger partial charge in [-0.05, 0) is 38.8 Å². The van der Waals surface area contributed by atoms with Gasteiger partial charge in [0, 0.05) is 35.3 Å². The molecule has 0 amide bonds. The standard InChI is InChI=1S/C14H19N3S/c1-15-12-4-2-10(3-5-12)14-17-13(9-18-14)11-6-7-16-8-11/h6-10,12,15-16H,2-5H2,1H3. The van der Waals surface area contributed by atoms with Gasteiger partial charge in [0.1, 0.15) is 0 Å². The average molecular weight is 261 g/mol. The van der Waals surface area contributed by atoms with Gasteiger partial charge in [0.05, 0.1) is 10.7 Å². The summed E-state index contributed by atoms with van der Waals surface area (Å²) in [4.78, 5) is 7.89. The maximum Gasteiger partial charge on any atom is 0.0963 e. The van der Waals surface area contributed by atoms with Crippen LogP contribution in [0.3, 0.4) is 0 Å². The Morgan fingerprint density at radius 3 is 2.83 bits per heavy atom. The van der Waals surface area contributed by atoms with Crippen molar-refractivity contribution in [3.63, 3.8) is 0 Å². The number of aromatic amines is 1. The largest absolute Gasteiger partial charge is 0.367 e. The molecule has 0 aromatic carbocycles. The zero-order valence-electron chi connectivity index (χ0n) is 10.6. The van der Waals surface area contributed by atoms with Crippen molar-refractivity contribution >= 4 is 11.3 Å². The fourth-order valence-corrected chi connectivity index (χ4v) is 3.72. The third-order valence-electron chi connectivity index (χ3n) is 3.90. The maximum absolute atomic E-state index is 4.81. The predicted molar refractivity (Wildman–Crippen MR) is 76.0 cm³/mol. The molecule has 2 heterocycles. The third-order valence-corrected chi connectivity index (χ3v) is 4.91. The second-order valence-corrected chi connectivity index (χ2v) is 5.90. The lowest BCUT2D eigenvalue weighted by molar-refractivity contribution is 0.358. The van der Waals surface area contributed by atoms with Gasteiger partial charge in [-0.3, -0.25) is 0 Å². The molecule has 96 valence electrons. The molecule has 2 aromatic rings. The minimum absolute atomic E-state index is 0.673. The van der Waals surface area contributed by atoms with Gasteiger partial charge in [-0.1, -0.05) is 0 Å². The second kappa shape index (κ2) is 5.24.